The Balaban J connectivity index is 2.85. The lowest BCUT2D eigenvalue weighted by Gasteiger charge is -2.04. The van der Waals surface area contributed by atoms with Gasteiger partial charge >= 0.3 is 0 Å². The number of nitrogens with one attached hydrogen (secondary N) is 1. The second-order valence-electron chi connectivity index (χ2n) is 2.91. The molecule has 0 aliphatic rings. The summed E-state index contributed by atoms with van der Waals surface area (Å²) < 4.78 is 5.10. The minimum Gasteiger partial charge on any atom is -0.497 e. The van der Waals surface area contributed by atoms with Crippen LogP contribution in [0.1, 0.15) is 12.5 Å². The van der Waals surface area contributed by atoms with E-state index in [1.165, 1.54) is 0 Å². The lowest BCUT2D eigenvalue weighted by atomic mass is 10.1. The monoisotopic (exact) mass is 223 g/mol. The molecule has 0 bridgehead atoms. The van der Waals surface area contributed by atoms with E-state index < -0.39 is 0 Å². The van der Waals surface area contributed by atoms with Crippen LogP contribution in [0, 0.1) is 0 Å². The SMILES string of the molecule is COc1cccc(/C(C)=N\NC(N)=S)c1. The first kappa shape index (κ1) is 11.5. The Hall–Kier alpha value is -1.62. The maximum atomic E-state index is 5.26. The first-order valence-corrected chi connectivity index (χ1v) is 4.78. The van der Waals surface area contributed by atoms with Crippen molar-refractivity contribution in [3.05, 3.63) is 29.8 Å². The van der Waals surface area contributed by atoms with Crippen molar-refractivity contribution in [3.63, 3.8) is 0 Å². The molecule has 0 radical (unpaired) electrons. The Morgan fingerprint density at radius 3 is 2.87 bits per heavy atom. The summed E-state index contributed by atoms with van der Waals surface area (Å²) >= 11 is 4.65. The molecular weight excluding hydrogens is 210 g/mol. The van der Waals surface area contributed by atoms with Crippen LogP contribution < -0.4 is 15.9 Å². The zero-order chi connectivity index (χ0) is 11.3. The maximum absolute atomic E-state index is 5.26. The van der Waals surface area contributed by atoms with Gasteiger partial charge in [0, 0.05) is 5.56 Å². The van der Waals surface area contributed by atoms with E-state index in [1.807, 2.05) is 31.2 Å². The van der Waals surface area contributed by atoms with Crippen molar-refractivity contribution >= 4 is 23.0 Å². The van der Waals surface area contributed by atoms with Gasteiger partial charge in [0.25, 0.3) is 0 Å². The lowest BCUT2D eigenvalue weighted by molar-refractivity contribution is 0.414. The van der Waals surface area contributed by atoms with Crippen LogP contribution in [0.25, 0.3) is 0 Å². The van der Waals surface area contributed by atoms with E-state index in [-0.39, 0.29) is 5.11 Å². The minimum absolute atomic E-state index is 0.150. The summed E-state index contributed by atoms with van der Waals surface area (Å²) in [5, 5.41) is 4.16. The smallest absolute Gasteiger partial charge is 0.184 e. The van der Waals surface area contributed by atoms with Crippen molar-refractivity contribution in [3.8, 4) is 5.75 Å². The summed E-state index contributed by atoms with van der Waals surface area (Å²) in [5.41, 5.74) is 9.55. The molecule has 0 heterocycles. The Bertz CT molecular complexity index is 390. The molecule has 5 heteroatoms. The minimum atomic E-state index is 0.150. The Kier molecular flexibility index (Phi) is 4.05. The first-order chi connectivity index (χ1) is 7.13. The van der Waals surface area contributed by atoms with E-state index >= 15 is 0 Å². The van der Waals surface area contributed by atoms with Gasteiger partial charge in [0.15, 0.2) is 5.11 Å². The van der Waals surface area contributed by atoms with Crippen molar-refractivity contribution < 1.29 is 4.74 Å². The van der Waals surface area contributed by atoms with Crippen LogP contribution in [0.15, 0.2) is 29.4 Å². The van der Waals surface area contributed by atoms with Gasteiger partial charge in [0.2, 0.25) is 0 Å². The predicted octanol–water partition coefficient (Wildman–Crippen LogP) is 1.25. The maximum Gasteiger partial charge on any atom is 0.184 e. The number of nitrogens with zero attached hydrogens (tertiary/aromatic N) is 1. The summed E-state index contributed by atoms with van der Waals surface area (Å²) in [7, 11) is 1.62. The van der Waals surface area contributed by atoms with Gasteiger partial charge in [-0.05, 0) is 31.3 Å². The number of ether oxygens (including phenoxy) is 1. The molecule has 1 aromatic rings. The molecule has 80 valence electrons. The summed E-state index contributed by atoms with van der Waals surface area (Å²) in [5.74, 6) is 0.789. The molecule has 0 aliphatic carbocycles. The number of methoxy groups -OCH3 is 1. The highest BCUT2D eigenvalue weighted by Crippen LogP contribution is 2.12. The fourth-order valence-corrected chi connectivity index (χ4v) is 1.10. The molecule has 4 nitrogen and oxygen atoms in total. The van der Waals surface area contributed by atoms with Gasteiger partial charge in [-0.15, -0.1) is 0 Å². The fourth-order valence-electron chi connectivity index (χ4n) is 1.05. The Morgan fingerprint density at radius 1 is 1.53 bits per heavy atom. The van der Waals surface area contributed by atoms with Gasteiger partial charge in [-0.1, -0.05) is 12.1 Å². The Labute approximate surface area is 94.1 Å². The van der Waals surface area contributed by atoms with E-state index in [1.54, 1.807) is 7.11 Å². The van der Waals surface area contributed by atoms with E-state index in [9.17, 15) is 0 Å². The summed E-state index contributed by atoms with van der Waals surface area (Å²) in [6, 6.07) is 7.59. The summed E-state index contributed by atoms with van der Waals surface area (Å²) in [6.07, 6.45) is 0. The van der Waals surface area contributed by atoms with Gasteiger partial charge in [-0.3, -0.25) is 5.43 Å². The predicted molar refractivity (Wildman–Crippen MR) is 65.1 cm³/mol. The molecule has 0 aliphatic heterocycles. The Morgan fingerprint density at radius 2 is 2.27 bits per heavy atom. The summed E-state index contributed by atoms with van der Waals surface area (Å²) in [6.45, 7) is 1.86. The zero-order valence-electron chi connectivity index (χ0n) is 8.65. The van der Waals surface area contributed by atoms with E-state index in [2.05, 4.69) is 22.7 Å². The molecule has 0 aromatic heterocycles. The third-order valence-electron chi connectivity index (χ3n) is 1.82. The zero-order valence-corrected chi connectivity index (χ0v) is 9.47. The van der Waals surface area contributed by atoms with Crippen molar-refractivity contribution in [1.82, 2.24) is 5.43 Å². The van der Waals surface area contributed by atoms with E-state index in [0.717, 1.165) is 17.0 Å². The van der Waals surface area contributed by atoms with Gasteiger partial charge < -0.3 is 10.5 Å². The molecule has 0 unspecified atom stereocenters. The number of thiocarbonyl (C=S) groups is 1. The van der Waals surface area contributed by atoms with Crippen LogP contribution in [-0.2, 0) is 0 Å². The van der Waals surface area contributed by atoms with Crippen molar-refractivity contribution in [2.24, 2.45) is 10.8 Å². The van der Waals surface area contributed by atoms with Crippen molar-refractivity contribution in [2.45, 2.75) is 6.92 Å². The highest BCUT2D eigenvalue weighted by Gasteiger charge is 1.99. The molecule has 0 fully saturated rings. The van der Waals surface area contributed by atoms with Crippen molar-refractivity contribution in [2.75, 3.05) is 7.11 Å². The van der Waals surface area contributed by atoms with Gasteiger partial charge in [-0.25, -0.2) is 0 Å². The average Bonchev–Trinajstić information content (AvgIpc) is 2.26. The highest BCUT2D eigenvalue weighted by atomic mass is 32.1. The molecule has 15 heavy (non-hydrogen) atoms. The number of hydrogen-bond acceptors (Lipinski definition) is 3. The number of nitrogens with two attached hydrogens (primary N) is 1. The van der Waals surface area contributed by atoms with Crippen LogP contribution >= 0.6 is 12.2 Å². The molecule has 3 N–H and O–H groups in total. The van der Waals surface area contributed by atoms with Crippen LogP contribution in [0.5, 0.6) is 5.75 Å². The molecule has 0 saturated carbocycles. The van der Waals surface area contributed by atoms with Crippen LogP contribution in [0.3, 0.4) is 0 Å². The fraction of sp³-hybridized carbons (Fsp3) is 0.200. The molecule has 0 atom stereocenters. The largest absolute Gasteiger partial charge is 0.497 e. The van der Waals surface area contributed by atoms with Gasteiger partial charge in [-0.2, -0.15) is 5.10 Å². The topological polar surface area (TPSA) is 59.6 Å². The molecule has 1 rings (SSSR count). The number of benzene rings is 1. The van der Waals surface area contributed by atoms with E-state index in [4.69, 9.17) is 10.5 Å². The molecule has 0 saturated heterocycles. The first-order valence-electron chi connectivity index (χ1n) is 4.37. The van der Waals surface area contributed by atoms with Crippen LogP contribution in [0.2, 0.25) is 0 Å². The summed E-state index contributed by atoms with van der Waals surface area (Å²) in [4.78, 5) is 0. The lowest BCUT2D eigenvalue weighted by Crippen LogP contribution is -2.25. The molecule has 1 aromatic carbocycles. The number of rotatable bonds is 3. The van der Waals surface area contributed by atoms with Crippen molar-refractivity contribution in [1.29, 1.82) is 0 Å². The molecular formula is C10H13N3OS. The van der Waals surface area contributed by atoms with Crippen LogP contribution in [-0.4, -0.2) is 17.9 Å². The quantitative estimate of drug-likeness (QED) is 0.460. The normalized spacial score (nSPS) is 10.9. The second-order valence-corrected chi connectivity index (χ2v) is 3.35. The third-order valence-corrected chi connectivity index (χ3v) is 1.91. The van der Waals surface area contributed by atoms with E-state index in [0.29, 0.717) is 0 Å². The van der Waals surface area contributed by atoms with Gasteiger partial charge in [0.1, 0.15) is 5.75 Å². The third kappa shape index (κ3) is 3.55. The van der Waals surface area contributed by atoms with Gasteiger partial charge in [0.05, 0.1) is 12.8 Å². The standard InChI is InChI=1S/C10H13N3OS/c1-7(12-13-10(11)15)8-4-3-5-9(6-8)14-2/h3-6H,1-2H3,(H3,11,13,15)/b12-7-. The average molecular weight is 223 g/mol. The highest BCUT2D eigenvalue weighted by molar-refractivity contribution is 7.80. The van der Waals surface area contributed by atoms with Crippen LogP contribution in [0.4, 0.5) is 0 Å². The molecule has 0 spiro atoms. The number of hydrogen-bond donors (Lipinski definition) is 2. The number of hydrazone groups is 1. The second kappa shape index (κ2) is 5.31. The molecule has 0 amide bonds.